The zero-order valence-corrected chi connectivity index (χ0v) is 11.0. The maximum absolute atomic E-state index is 5.77. The Hall–Kier alpha value is -2.01. The fourth-order valence-corrected chi connectivity index (χ4v) is 2.88. The van der Waals surface area contributed by atoms with E-state index in [1.165, 1.54) is 11.3 Å². The lowest BCUT2D eigenvalue weighted by molar-refractivity contribution is 0.420. The Morgan fingerprint density at radius 1 is 1.39 bits per heavy atom. The smallest absolute Gasteiger partial charge is 0.180 e. The molecule has 92 valence electrons. The third-order valence-electron chi connectivity index (χ3n) is 2.96. The van der Waals surface area contributed by atoms with E-state index in [1.807, 2.05) is 31.3 Å². The van der Waals surface area contributed by atoms with Crippen molar-refractivity contribution in [3.05, 3.63) is 29.3 Å². The third-order valence-corrected chi connectivity index (χ3v) is 3.76. The van der Waals surface area contributed by atoms with Gasteiger partial charge in [0.05, 0.1) is 18.2 Å². The van der Waals surface area contributed by atoms with E-state index in [2.05, 4.69) is 9.97 Å². The van der Waals surface area contributed by atoms with Gasteiger partial charge in [-0.1, -0.05) is 6.07 Å². The maximum Gasteiger partial charge on any atom is 0.180 e. The molecule has 0 aliphatic rings. The monoisotopic (exact) mass is 259 g/mol. The number of hydrogen-bond donors (Lipinski definition) is 2. The second kappa shape index (κ2) is 4.03. The number of aromatic nitrogens is 2. The van der Waals surface area contributed by atoms with Crippen LogP contribution in [0.15, 0.2) is 24.4 Å². The predicted octanol–water partition coefficient (Wildman–Crippen LogP) is 3.19. The number of fused-ring (bicyclic) bond motifs is 1. The van der Waals surface area contributed by atoms with E-state index in [0.717, 1.165) is 32.8 Å². The molecule has 0 saturated carbocycles. The van der Waals surface area contributed by atoms with Crippen LogP contribution in [0.5, 0.6) is 5.75 Å². The number of thiazole rings is 1. The number of nitrogens with two attached hydrogens (primary N) is 1. The van der Waals surface area contributed by atoms with E-state index >= 15 is 0 Å². The minimum atomic E-state index is 0.590. The Kier molecular flexibility index (Phi) is 2.48. The normalized spacial score (nSPS) is 11.0. The lowest BCUT2D eigenvalue weighted by Gasteiger charge is -2.03. The number of aromatic amines is 1. The van der Waals surface area contributed by atoms with Crippen molar-refractivity contribution in [2.75, 3.05) is 12.8 Å². The molecular formula is C13H13N3OS. The highest BCUT2D eigenvalue weighted by atomic mass is 32.1. The molecule has 0 unspecified atom stereocenters. The van der Waals surface area contributed by atoms with E-state index in [9.17, 15) is 0 Å². The molecule has 0 fully saturated rings. The third kappa shape index (κ3) is 1.55. The standard InChI is InChI=1S/C13H13N3OS/c1-7-12(16-13(14)18-7)8-6-15-9-4-3-5-10(17-2)11(8)9/h3-6,15H,1-2H3,(H2,14,16). The van der Waals surface area contributed by atoms with Gasteiger partial charge >= 0.3 is 0 Å². The molecule has 0 atom stereocenters. The van der Waals surface area contributed by atoms with E-state index in [-0.39, 0.29) is 0 Å². The summed E-state index contributed by atoms with van der Waals surface area (Å²) in [5.74, 6) is 0.842. The second-order valence-corrected chi connectivity index (χ2v) is 5.28. The van der Waals surface area contributed by atoms with Gasteiger partial charge < -0.3 is 15.5 Å². The highest BCUT2D eigenvalue weighted by Crippen LogP contribution is 2.37. The molecule has 0 amide bonds. The molecule has 4 nitrogen and oxygen atoms in total. The number of anilines is 1. The zero-order valence-electron chi connectivity index (χ0n) is 10.2. The molecular weight excluding hydrogens is 246 g/mol. The molecule has 0 aliphatic carbocycles. The molecule has 18 heavy (non-hydrogen) atoms. The van der Waals surface area contributed by atoms with E-state index in [4.69, 9.17) is 10.5 Å². The van der Waals surface area contributed by atoms with Gasteiger partial charge in [0.2, 0.25) is 0 Å². The fraction of sp³-hybridized carbons (Fsp3) is 0.154. The van der Waals surface area contributed by atoms with Crippen LogP contribution in [0.25, 0.3) is 22.2 Å². The number of methoxy groups -OCH3 is 1. The van der Waals surface area contributed by atoms with Crippen LogP contribution in [0, 0.1) is 6.92 Å². The number of ether oxygens (including phenoxy) is 1. The number of nitrogens with one attached hydrogen (secondary N) is 1. The summed E-state index contributed by atoms with van der Waals surface area (Å²) in [6, 6.07) is 5.93. The number of H-pyrrole nitrogens is 1. The van der Waals surface area contributed by atoms with Crippen LogP contribution in [0.3, 0.4) is 0 Å². The molecule has 3 aromatic rings. The van der Waals surface area contributed by atoms with Crippen LogP contribution in [0.4, 0.5) is 5.13 Å². The predicted molar refractivity (Wildman–Crippen MR) is 75.1 cm³/mol. The first kappa shape index (κ1) is 11.1. The van der Waals surface area contributed by atoms with Gasteiger partial charge in [0.25, 0.3) is 0 Å². The molecule has 2 aromatic heterocycles. The average molecular weight is 259 g/mol. The minimum Gasteiger partial charge on any atom is -0.496 e. The van der Waals surface area contributed by atoms with Crippen LogP contribution in [0.1, 0.15) is 4.88 Å². The molecule has 0 saturated heterocycles. The Morgan fingerprint density at radius 2 is 2.22 bits per heavy atom. The van der Waals surface area contributed by atoms with Crippen LogP contribution in [-0.4, -0.2) is 17.1 Å². The zero-order chi connectivity index (χ0) is 12.7. The van der Waals surface area contributed by atoms with Crippen LogP contribution < -0.4 is 10.5 Å². The first-order chi connectivity index (χ1) is 8.70. The molecule has 0 radical (unpaired) electrons. The highest BCUT2D eigenvalue weighted by Gasteiger charge is 2.15. The lowest BCUT2D eigenvalue weighted by Crippen LogP contribution is -1.86. The van der Waals surface area contributed by atoms with Crippen molar-refractivity contribution >= 4 is 27.4 Å². The Bertz CT molecular complexity index is 714. The summed E-state index contributed by atoms with van der Waals surface area (Å²) < 4.78 is 5.42. The first-order valence-electron chi connectivity index (χ1n) is 5.58. The second-order valence-electron chi connectivity index (χ2n) is 4.04. The molecule has 3 rings (SSSR count). The number of aryl methyl sites for hydroxylation is 1. The van der Waals surface area contributed by atoms with Gasteiger partial charge in [-0.3, -0.25) is 0 Å². The Labute approximate surface area is 108 Å². The molecule has 0 bridgehead atoms. The molecule has 1 aromatic carbocycles. The number of rotatable bonds is 2. The summed E-state index contributed by atoms with van der Waals surface area (Å²) in [5, 5.41) is 1.64. The van der Waals surface area contributed by atoms with E-state index in [0.29, 0.717) is 5.13 Å². The number of hydrogen-bond acceptors (Lipinski definition) is 4. The van der Waals surface area contributed by atoms with E-state index < -0.39 is 0 Å². The highest BCUT2D eigenvalue weighted by molar-refractivity contribution is 7.15. The van der Waals surface area contributed by atoms with Crippen molar-refractivity contribution in [2.45, 2.75) is 6.92 Å². The van der Waals surface area contributed by atoms with Gasteiger partial charge in [-0.2, -0.15) is 0 Å². The van der Waals surface area contributed by atoms with Gasteiger partial charge in [0.15, 0.2) is 5.13 Å². The minimum absolute atomic E-state index is 0.590. The van der Waals surface area contributed by atoms with Crippen LogP contribution >= 0.6 is 11.3 Å². The van der Waals surface area contributed by atoms with Crippen molar-refractivity contribution in [1.29, 1.82) is 0 Å². The average Bonchev–Trinajstić information content (AvgIpc) is 2.92. The van der Waals surface area contributed by atoms with Gasteiger partial charge in [0.1, 0.15) is 5.75 Å². The first-order valence-corrected chi connectivity index (χ1v) is 6.39. The molecule has 3 N–H and O–H groups in total. The summed E-state index contributed by atoms with van der Waals surface area (Å²) in [7, 11) is 1.67. The van der Waals surface area contributed by atoms with Crippen LogP contribution in [0.2, 0.25) is 0 Å². The summed E-state index contributed by atoms with van der Waals surface area (Å²) in [4.78, 5) is 8.75. The maximum atomic E-state index is 5.77. The Balaban J connectivity index is 2.33. The number of benzene rings is 1. The van der Waals surface area contributed by atoms with Crippen molar-refractivity contribution in [1.82, 2.24) is 9.97 Å². The SMILES string of the molecule is COc1cccc2[nH]cc(-c3nc(N)sc3C)c12. The summed E-state index contributed by atoms with van der Waals surface area (Å²) in [6.07, 6.45) is 1.95. The van der Waals surface area contributed by atoms with Crippen molar-refractivity contribution in [3.8, 4) is 17.0 Å². The van der Waals surface area contributed by atoms with Gasteiger partial charge in [-0.15, -0.1) is 11.3 Å². The largest absolute Gasteiger partial charge is 0.496 e. The van der Waals surface area contributed by atoms with Gasteiger partial charge in [-0.05, 0) is 19.1 Å². The summed E-state index contributed by atoms with van der Waals surface area (Å²) in [6.45, 7) is 2.03. The van der Waals surface area contributed by atoms with Crippen molar-refractivity contribution in [3.63, 3.8) is 0 Å². The summed E-state index contributed by atoms with van der Waals surface area (Å²) >= 11 is 1.50. The fourth-order valence-electron chi connectivity index (χ4n) is 2.17. The van der Waals surface area contributed by atoms with Crippen LogP contribution in [-0.2, 0) is 0 Å². The Morgan fingerprint density at radius 3 is 2.89 bits per heavy atom. The quantitative estimate of drug-likeness (QED) is 0.743. The molecule has 5 heteroatoms. The van der Waals surface area contributed by atoms with E-state index in [1.54, 1.807) is 7.11 Å². The molecule has 0 aliphatic heterocycles. The topological polar surface area (TPSA) is 63.9 Å². The number of nitrogens with zero attached hydrogens (tertiary/aromatic N) is 1. The lowest BCUT2D eigenvalue weighted by atomic mass is 10.1. The summed E-state index contributed by atoms with van der Waals surface area (Å²) in [5.41, 5.74) is 8.76. The van der Waals surface area contributed by atoms with Gasteiger partial charge in [0, 0.05) is 22.2 Å². The van der Waals surface area contributed by atoms with Crippen molar-refractivity contribution in [2.24, 2.45) is 0 Å². The van der Waals surface area contributed by atoms with Gasteiger partial charge in [-0.25, -0.2) is 4.98 Å². The molecule has 2 heterocycles. The molecule has 0 spiro atoms. The van der Waals surface area contributed by atoms with Crippen molar-refractivity contribution < 1.29 is 4.74 Å². The number of nitrogen functional groups attached to an aromatic ring is 1.